The van der Waals surface area contributed by atoms with Crippen molar-refractivity contribution >= 4 is 24.8 Å². The maximum atomic E-state index is 5.00. The zero-order valence-electron chi connectivity index (χ0n) is 6.53. The van der Waals surface area contributed by atoms with Crippen LogP contribution in [0.5, 0.6) is 0 Å². The first-order valence-electron chi connectivity index (χ1n) is 3.61. The van der Waals surface area contributed by atoms with Gasteiger partial charge in [-0.1, -0.05) is 5.16 Å². The van der Waals surface area contributed by atoms with Crippen LogP contribution in [0.25, 0.3) is 0 Å². The van der Waals surface area contributed by atoms with Gasteiger partial charge in [0.05, 0.1) is 12.2 Å². The lowest BCUT2D eigenvalue weighted by Gasteiger charge is -2.02. The summed E-state index contributed by atoms with van der Waals surface area (Å²) in [4.78, 5) is 0. The molecule has 70 valence electrons. The molecule has 1 fully saturated rings. The molecule has 0 aromatic carbocycles. The molecule has 2 rings (SSSR count). The lowest BCUT2D eigenvalue weighted by molar-refractivity contribution is 0.351. The third-order valence-electron chi connectivity index (χ3n) is 1.86. The smallest absolute Gasteiger partial charge is 0.153 e. The Balaban J connectivity index is 0.000000605. The summed E-state index contributed by atoms with van der Waals surface area (Å²) in [6.07, 6.45) is 4.11. The van der Waals surface area contributed by atoms with Crippen molar-refractivity contribution in [1.29, 1.82) is 0 Å². The van der Waals surface area contributed by atoms with E-state index < -0.39 is 0 Å². The van der Waals surface area contributed by atoms with Gasteiger partial charge in [-0.25, -0.2) is 0 Å². The summed E-state index contributed by atoms with van der Waals surface area (Å²) in [5.41, 5.74) is 0. The molecule has 1 aliphatic heterocycles. The standard InChI is InChI=1S/C7H10N2O.2ClH/c1-2-6(8-4-1)7-3-5-9-10-7;;/h3,5-6,8H,1-2,4H2;2*1H. The van der Waals surface area contributed by atoms with Crippen LogP contribution >= 0.6 is 24.8 Å². The van der Waals surface area contributed by atoms with Crippen molar-refractivity contribution < 1.29 is 4.52 Å². The van der Waals surface area contributed by atoms with Gasteiger partial charge in [-0.05, 0) is 19.4 Å². The first kappa shape index (κ1) is 11.8. The summed E-state index contributed by atoms with van der Waals surface area (Å²) in [6.45, 7) is 1.10. The largest absolute Gasteiger partial charge is 0.360 e. The maximum Gasteiger partial charge on any atom is 0.153 e. The van der Waals surface area contributed by atoms with Crippen LogP contribution in [0.15, 0.2) is 16.8 Å². The predicted molar refractivity (Wildman–Crippen MR) is 51.0 cm³/mol. The van der Waals surface area contributed by atoms with Gasteiger partial charge in [0.2, 0.25) is 0 Å². The second-order valence-electron chi connectivity index (χ2n) is 2.56. The van der Waals surface area contributed by atoms with Gasteiger partial charge in [-0.3, -0.25) is 0 Å². The van der Waals surface area contributed by atoms with Gasteiger partial charge in [0.15, 0.2) is 5.76 Å². The average Bonchev–Trinajstić information content (AvgIpc) is 2.59. The van der Waals surface area contributed by atoms with Crippen molar-refractivity contribution in [3.8, 4) is 0 Å². The lowest BCUT2D eigenvalue weighted by Crippen LogP contribution is -2.11. The number of rotatable bonds is 1. The Morgan fingerprint density at radius 3 is 2.83 bits per heavy atom. The third kappa shape index (κ3) is 2.37. The van der Waals surface area contributed by atoms with Crippen molar-refractivity contribution in [3.05, 3.63) is 18.0 Å². The van der Waals surface area contributed by atoms with Crippen molar-refractivity contribution in [2.24, 2.45) is 0 Å². The Morgan fingerprint density at radius 1 is 1.50 bits per heavy atom. The van der Waals surface area contributed by atoms with Crippen molar-refractivity contribution in [1.82, 2.24) is 10.5 Å². The van der Waals surface area contributed by atoms with E-state index in [4.69, 9.17) is 4.52 Å². The van der Waals surface area contributed by atoms with Gasteiger partial charge in [-0.15, -0.1) is 24.8 Å². The van der Waals surface area contributed by atoms with E-state index in [1.54, 1.807) is 6.20 Å². The molecule has 5 heteroatoms. The monoisotopic (exact) mass is 210 g/mol. The number of hydrogen-bond acceptors (Lipinski definition) is 3. The average molecular weight is 211 g/mol. The Kier molecular flexibility index (Phi) is 5.29. The van der Waals surface area contributed by atoms with Crippen LogP contribution in [-0.4, -0.2) is 11.7 Å². The van der Waals surface area contributed by atoms with Gasteiger partial charge in [0, 0.05) is 6.07 Å². The molecule has 0 amide bonds. The summed E-state index contributed by atoms with van der Waals surface area (Å²) in [5.74, 6) is 0.970. The molecule has 1 aromatic heterocycles. The number of aromatic nitrogens is 1. The molecule has 1 saturated heterocycles. The molecule has 0 spiro atoms. The van der Waals surface area contributed by atoms with E-state index in [2.05, 4.69) is 10.5 Å². The van der Waals surface area contributed by atoms with Gasteiger partial charge >= 0.3 is 0 Å². The number of nitrogens with zero attached hydrogens (tertiary/aromatic N) is 1. The molecular formula is C7H12Cl2N2O. The zero-order chi connectivity index (χ0) is 6.81. The second-order valence-corrected chi connectivity index (χ2v) is 2.56. The zero-order valence-corrected chi connectivity index (χ0v) is 8.16. The highest BCUT2D eigenvalue weighted by Crippen LogP contribution is 2.21. The van der Waals surface area contributed by atoms with Crippen LogP contribution < -0.4 is 5.32 Å². The number of nitrogens with one attached hydrogen (secondary N) is 1. The normalized spacial score (nSPS) is 21.2. The Bertz CT molecular complexity index is 197. The molecule has 3 nitrogen and oxygen atoms in total. The topological polar surface area (TPSA) is 38.1 Å². The highest BCUT2D eigenvalue weighted by atomic mass is 35.5. The summed E-state index contributed by atoms with van der Waals surface area (Å²) in [6, 6.07) is 2.34. The lowest BCUT2D eigenvalue weighted by atomic mass is 10.2. The predicted octanol–water partition coefficient (Wildman–Crippen LogP) is 1.94. The molecule has 1 aliphatic rings. The molecular weight excluding hydrogens is 199 g/mol. The van der Waals surface area contributed by atoms with E-state index in [1.807, 2.05) is 6.07 Å². The highest BCUT2D eigenvalue weighted by Gasteiger charge is 2.18. The van der Waals surface area contributed by atoms with Crippen LogP contribution in [0.3, 0.4) is 0 Å². The fourth-order valence-corrected chi connectivity index (χ4v) is 1.33. The van der Waals surface area contributed by atoms with E-state index in [9.17, 15) is 0 Å². The van der Waals surface area contributed by atoms with E-state index in [0.717, 1.165) is 12.3 Å². The van der Waals surface area contributed by atoms with E-state index in [1.165, 1.54) is 12.8 Å². The summed E-state index contributed by atoms with van der Waals surface area (Å²) in [5, 5.41) is 6.98. The van der Waals surface area contributed by atoms with Gasteiger partial charge in [0.25, 0.3) is 0 Å². The molecule has 0 aliphatic carbocycles. The fraction of sp³-hybridized carbons (Fsp3) is 0.571. The summed E-state index contributed by atoms with van der Waals surface area (Å²) >= 11 is 0. The van der Waals surface area contributed by atoms with Crippen LogP contribution in [0.1, 0.15) is 24.6 Å². The van der Waals surface area contributed by atoms with Crippen LogP contribution in [0.4, 0.5) is 0 Å². The van der Waals surface area contributed by atoms with E-state index in [-0.39, 0.29) is 24.8 Å². The first-order chi connectivity index (χ1) is 4.97. The summed E-state index contributed by atoms with van der Waals surface area (Å²) < 4.78 is 5.00. The first-order valence-corrected chi connectivity index (χ1v) is 3.61. The van der Waals surface area contributed by atoms with Crippen LogP contribution in [-0.2, 0) is 0 Å². The third-order valence-corrected chi connectivity index (χ3v) is 1.86. The Hall–Kier alpha value is -0.250. The Morgan fingerprint density at radius 2 is 2.33 bits per heavy atom. The van der Waals surface area contributed by atoms with E-state index in [0.29, 0.717) is 6.04 Å². The molecule has 1 unspecified atom stereocenters. The molecule has 0 saturated carbocycles. The minimum Gasteiger partial charge on any atom is -0.360 e. The quantitative estimate of drug-likeness (QED) is 0.771. The SMILES string of the molecule is Cl.Cl.c1cc(C2CCCN2)on1. The summed E-state index contributed by atoms with van der Waals surface area (Å²) in [7, 11) is 0. The molecule has 1 atom stereocenters. The van der Waals surface area contributed by atoms with Crippen LogP contribution in [0.2, 0.25) is 0 Å². The second kappa shape index (κ2) is 5.41. The minimum atomic E-state index is 0. The molecule has 0 bridgehead atoms. The van der Waals surface area contributed by atoms with E-state index >= 15 is 0 Å². The highest BCUT2D eigenvalue weighted by molar-refractivity contribution is 5.85. The van der Waals surface area contributed by atoms with Gasteiger partial charge in [-0.2, -0.15) is 0 Å². The minimum absolute atomic E-state index is 0. The molecule has 2 heterocycles. The maximum absolute atomic E-state index is 5.00. The van der Waals surface area contributed by atoms with Crippen molar-refractivity contribution in [3.63, 3.8) is 0 Å². The Labute approximate surface area is 83.7 Å². The molecule has 1 N–H and O–H groups in total. The fourth-order valence-electron chi connectivity index (χ4n) is 1.33. The molecule has 12 heavy (non-hydrogen) atoms. The van der Waals surface area contributed by atoms with Crippen molar-refractivity contribution in [2.45, 2.75) is 18.9 Å². The number of halogens is 2. The van der Waals surface area contributed by atoms with Gasteiger partial charge in [0.1, 0.15) is 0 Å². The molecule has 1 aromatic rings. The van der Waals surface area contributed by atoms with Gasteiger partial charge < -0.3 is 9.84 Å². The van der Waals surface area contributed by atoms with Crippen molar-refractivity contribution in [2.75, 3.05) is 6.54 Å². The van der Waals surface area contributed by atoms with Crippen LogP contribution in [0, 0.1) is 0 Å². The number of hydrogen-bond donors (Lipinski definition) is 1. The molecule has 0 radical (unpaired) electrons.